The molecule has 0 atom stereocenters. The number of hydrogen-bond donors (Lipinski definition) is 0. The lowest BCUT2D eigenvalue weighted by Crippen LogP contribution is -2.10. The third-order valence-corrected chi connectivity index (χ3v) is 1.82. The van der Waals surface area contributed by atoms with E-state index >= 15 is 0 Å². The van der Waals surface area contributed by atoms with Gasteiger partial charge in [-0.1, -0.05) is 12.2 Å². The average Bonchev–Trinajstić information content (AvgIpc) is 2.22. The molecule has 0 amide bonds. The number of rotatable bonds is 4. The van der Waals surface area contributed by atoms with Crippen molar-refractivity contribution >= 4 is 6.16 Å². The van der Waals surface area contributed by atoms with E-state index < -0.39 is 6.16 Å². The van der Waals surface area contributed by atoms with Crippen LogP contribution in [-0.2, 0) is 9.47 Å². The Morgan fingerprint density at radius 3 is 1.64 bits per heavy atom. The van der Waals surface area contributed by atoms with Crippen LogP contribution in [0.4, 0.5) is 4.79 Å². The van der Waals surface area contributed by atoms with Crippen molar-refractivity contribution < 1.29 is 14.3 Å². The predicted octanol–water partition coefficient (Wildman–Crippen LogP) is 3.07. The van der Waals surface area contributed by atoms with E-state index in [0.717, 1.165) is 11.1 Å². The Morgan fingerprint density at radius 1 is 1.00 bits per heavy atom. The SMILES string of the molecule is CC=C(C)COC(=O)OCC(C)=CC. The molecule has 0 aromatic rings. The van der Waals surface area contributed by atoms with Crippen molar-refractivity contribution in [2.24, 2.45) is 0 Å². The van der Waals surface area contributed by atoms with Crippen LogP contribution < -0.4 is 0 Å². The molecule has 0 aromatic carbocycles. The van der Waals surface area contributed by atoms with Gasteiger partial charge in [-0.15, -0.1) is 0 Å². The van der Waals surface area contributed by atoms with Crippen LogP contribution in [0.5, 0.6) is 0 Å². The summed E-state index contributed by atoms with van der Waals surface area (Å²) in [5.41, 5.74) is 2.01. The van der Waals surface area contributed by atoms with Crippen LogP contribution in [0.1, 0.15) is 27.7 Å². The van der Waals surface area contributed by atoms with Gasteiger partial charge in [0, 0.05) is 0 Å². The molecule has 0 N–H and O–H groups in total. The second-order valence-corrected chi connectivity index (χ2v) is 3.10. The molecular weight excluding hydrogens is 180 g/mol. The summed E-state index contributed by atoms with van der Waals surface area (Å²) in [6, 6.07) is 0. The standard InChI is InChI=1S/C11H18O3/c1-5-9(3)7-13-11(12)14-8-10(4)6-2/h5-6H,7-8H2,1-4H3. The smallest absolute Gasteiger partial charge is 0.430 e. The normalized spacial score (nSPS) is 12.6. The number of carbonyl (C=O) groups excluding carboxylic acids is 1. The van der Waals surface area contributed by atoms with Gasteiger partial charge in [0.1, 0.15) is 13.2 Å². The first-order valence-corrected chi connectivity index (χ1v) is 4.63. The Balaban J connectivity index is 3.67. The van der Waals surface area contributed by atoms with E-state index in [1.54, 1.807) is 0 Å². The molecule has 0 fully saturated rings. The van der Waals surface area contributed by atoms with E-state index in [0.29, 0.717) is 13.2 Å². The van der Waals surface area contributed by atoms with E-state index in [-0.39, 0.29) is 0 Å². The van der Waals surface area contributed by atoms with Crippen molar-refractivity contribution in [1.82, 2.24) is 0 Å². The molecule has 0 aliphatic rings. The molecule has 0 rings (SSSR count). The minimum atomic E-state index is -0.618. The molecule has 3 nitrogen and oxygen atoms in total. The molecule has 0 saturated carbocycles. The second kappa shape index (κ2) is 7.18. The summed E-state index contributed by atoms with van der Waals surface area (Å²) >= 11 is 0. The topological polar surface area (TPSA) is 35.5 Å². The highest BCUT2D eigenvalue weighted by Gasteiger charge is 2.03. The monoisotopic (exact) mass is 198 g/mol. The third-order valence-electron chi connectivity index (χ3n) is 1.82. The van der Waals surface area contributed by atoms with Crippen LogP contribution in [0.2, 0.25) is 0 Å². The molecule has 0 heterocycles. The molecule has 0 aliphatic carbocycles. The molecule has 3 heteroatoms. The molecule has 14 heavy (non-hydrogen) atoms. The zero-order valence-corrected chi connectivity index (χ0v) is 9.29. The molecule has 80 valence electrons. The Kier molecular flexibility index (Phi) is 6.54. The van der Waals surface area contributed by atoms with Crippen molar-refractivity contribution in [1.29, 1.82) is 0 Å². The second-order valence-electron chi connectivity index (χ2n) is 3.10. The molecule has 0 radical (unpaired) electrons. The van der Waals surface area contributed by atoms with Gasteiger partial charge >= 0.3 is 6.16 Å². The Bertz CT molecular complexity index is 215. The Labute approximate surface area is 85.4 Å². The largest absolute Gasteiger partial charge is 0.508 e. The summed E-state index contributed by atoms with van der Waals surface area (Å²) in [6.45, 7) is 8.17. The summed E-state index contributed by atoms with van der Waals surface area (Å²) in [4.78, 5) is 11.0. The Morgan fingerprint density at radius 2 is 1.36 bits per heavy atom. The first-order valence-electron chi connectivity index (χ1n) is 4.63. The molecule has 0 saturated heterocycles. The molecule has 0 aromatic heterocycles. The first kappa shape index (κ1) is 12.8. The lowest BCUT2D eigenvalue weighted by atomic mass is 10.3. The maximum atomic E-state index is 11.0. The van der Waals surface area contributed by atoms with Crippen molar-refractivity contribution in [3.63, 3.8) is 0 Å². The van der Waals surface area contributed by atoms with Crippen LogP contribution in [0, 0.1) is 0 Å². The summed E-state index contributed by atoms with van der Waals surface area (Å²) in [5, 5.41) is 0. The van der Waals surface area contributed by atoms with E-state index in [1.165, 1.54) is 0 Å². The quantitative estimate of drug-likeness (QED) is 0.514. The maximum Gasteiger partial charge on any atom is 0.508 e. The predicted molar refractivity (Wildman–Crippen MR) is 56.2 cm³/mol. The fourth-order valence-corrected chi connectivity index (χ4v) is 0.554. The van der Waals surface area contributed by atoms with E-state index in [4.69, 9.17) is 9.47 Å². The van der Waals surface area contributed by atoms with Gasteiger partial charge in [0.15, 0.2) is 0 Å². The highest BCUT2D eigenvalue weighted by molar-refractivity contribution is 5.60. The summed E-state index contributed by atoms with van der Waals surface area (Å²) in [6.07, 6.45) is 3.17. The van der Waals surface area contributed by atoms with Gasteiger partial charge in [0.2, 0.25) is 0 Å². The fraction of sp³-hybridized carbons (Fsp3) is 0.545. The lowest BCUT2D eigenvalue weighted by Gasteiger charge is -2.06. The number of ether oxygens (including phenoxy) is 2. The van der Waals surface area contributed by atoms with Crippen LogP contribution in [0.15, 0.2) is 23.3 Å². The van der Waals surface area contributed by atoms with Gasteiger partial charge in [-0.25, -0.2) is 4.79 Å². The van der Waals surface area contributed by atoms with Crippen LogP contribution in [0.3, 0.4) is 0 Å². The number of carbonyl (C=O) groups is 1. The van der Waals surface area contributed by atoms with Gasteiger partial charge in [0.25, 0.3) is 0 Å². The van der Waals surface area contributed by atoms with Gasteiger partial charge in [-0.05, 0) is 38.8 Å². The van der Waals surface area contributed by atoms with Crippen LogP contribution >= 0.6 is 0 Å². The van der Waals surface area contributed by atoms with Crippen LogP contribution in [0.25, 0.3) is 0 Å². The summed E-state index contributed by atoms with van der Waals surface area (Å²) in [7, 11) is 0. The molecule has 0 unspecified atom stereocenters. The highest BCUT2D eigenvalue weighted by Crippen LogP contribution is 1.98. The molecule has 0 aliphatic heterocycles. The lowest BCUT2D eigenvalue weighted by molar-refractivity contribution is 0.0681. The third kappa shape index (κ3) is 6.29. The zero-order valence-electron chi connectivity index (χ0n) is 9.29. The minimum Gasteiger partial charge on any atom is -0.430 e. The van der Waals surface area contributed by atoms with Crippen molar-refractivity contribution in [2.75, 3.05) is 13.2 Å². The fourth-order valence-electron chi connectivity index (χ4n) is 0.554. The van der Waals surface area contributed by atoms with Crippen molar-refractivity contribution in [3.8, 4) is 0 Å². The molecule has 0 spiro atoms. The van der Waals surface area contributed by atoms with E-state index in [9.17, 15) is 4.79 Å². The summed E-state index contributed by atoms with van der Waals surface area (Å²) < 4.78 is 9.67. The highest BCUT2D eigenvalue weighted by atomic mass is 16.7. The Hall–Kier alpha value is -1.25. The van der Waals surface area contributed by atoms with Gasteiger partial charge in [-0.3, -0.25) is 0 Å². The number of allylic oxidation sites excluding steroid dienone is 2. The maximum absolute atomic E-state index is 11.0. The molecule has 0 bridgehead atoms. The summed E-state index contributed by atoms with van der Waals surface area (Å²) in [5.74, 6) is 0. The van der Waals surface area contributed by atoms with Gasteiger partial charge < -0.3 is 9.47 Å². The van der Waals surface area contributed by atoms with Crippen molar-refractivity contribution in [3.05, 3.63) is 23.3 Å². The zero-order chi connectivity index (χ0) is 11.0. The first-order chi connectivity index (χ1) is 6.60. The van der Waals surface area contributed by atoms with Gasteiger partial charge in [0.05, 0.1) is 0 Å². The van der Waals surface area contributed by atoms with Crippen LogP contribution in [-0.4, -0.2) is 19.4 Å². The van der Waals surface area contributed by atoms with E-state index in [2.05, 4.69) is 0 Å². The van der Waals surface area contributed by atoms with Gasteiger partial charge in [-0.2, -0.15) is 0 Å². The number of hydrogen-bond acceptors (Lipinski definition) is 3. The average molecular weight is 198 g/mol. The minimum absolute atomic E-state index is 0.296. The van der Waals surface area contributed by atoms with E-state index in [1.807, 2.05) is 39.8 Å². The van der Waals surface area contributed by atoms with Crippen molar-refractivity contribution in [2.45, 2.75) is 27.7 Å². The molecular formula is C11H18O3.